The lowest BCUT2D eigenvalue weighted by molar-refractivity contribution is -0.140. The molecule has 25 heavy (non-hydrogen) atoms. The summed E-state index contributed by atoms with van der Waals surface area (Å²) in [6.07, 6.45) is 0. The van der Waals surface area contributed by atoms with Gasteiger partial charge >= 0.3 is 22.3 Å². The number of hydrogen-bond donors (Lipinski definition) is 2. The highest BCUT2D eigenvalue weighted by Crippen LogP contribution is 1.97. The van der Waals surface area contributed by atoms with Crippen LogP contribution in [-0.2, 0) is 29.5 Å². The van der Waals surface area contributed by atoms with Crippen LogP contribution >= 0.6 is 0 Å². The standard InChI is InChI=1S/2C7H13NO2.H2O4S/c2*1-5-10-7(9)6(2)8(3)4;1-5(2,3)4/h2*2,5H2,1,3-4H3;(H2,1,2,3,4). The van der Waals surface area contributed by atoms with Gasteiger partial charge in [-0.05, 0) is 13.8 Å². The van der Waals surface area contributed by atoms with Crippen LogP contribution in [0.1, 0.15) is 13.8 Å². The molecule has 10 nitrogen and oxygen atoms in total. The summed E-state index contributed by atoms with van der Waals surface area (Å²) >= 11 is 0. The van der Waals surface area contributed by atoms with E-state index < -0.39 is 10.4 Å². The van der Waals surface area contributed by atoms with Gasteiger partial charge in [-0.3, -0.25) is 9.11 Å². The van der Waals surface area contributed by atoms with Crippen LogP contribution in [0.5, 0.6) is 0 Å². The molecule has 0 radical (unpaired) electrons. The average Bonchev–Trinajstić information content (AvgIpc) is 2.44. The van der Waals surface area contributed by atoms with Crippen molar-refractivity contribution in [1.82, 2.24) is 9.80 Å². The number of hydrogen-bond acceptors (Lipinski definition) is 8. The van der Waals surface area contributed by atoms with Crippen molar-refractivity contribution in [2.45, 2.75) is 13.8 Å². The summed E-state index contributed by atoms with van der Waals surface area (Å²) in [5.41, 5.74) is 0.753. The Bertz CT molecular complexity index is 499. The van der Waals surface area contributed by atoms with E-state index in [4.69, 9.17) is 17.5 Å². The van der Waals surface area contributed by atoms with Gasteiger partial charge in [-0.2, -0.15) is 8.42 Å². The molecule has 0 aromatic carbocycles. The molecule has 0 unspecified atom stereocenters. The second-order valence-corrected chi connectivity index (χ2v) is 5.47. The predicted molar refractivity (Wildman–Crippen MR) is 93.1 cm³/mol. The lowest BCUT2D eigenvalue weighted by atomic mass is 10.5. The second-order valence-electron chi connectivity index (χ2n) is 4.57. The Morgan fingerprint density at radius 2 is 1.04 bits per heavy atom. The topological polar surface area (TPSA) is 134 Å². The quantitative estimate of drug-likeness (QED) is 0.381. The number of nitrogens with zero attached hydrogens (tertiary/aromatic N) is 2. The first-order valence-electron chi connectivity index (χ1n) is 6.95. The van der Waals surface area contributed by atoms with Gasteiger partial charge in [0.05, 0.1) is 13.2 Å². The van der Waals surface area contributed by atoms with E-state index in [1.54, 1.807) is 51.8 Å². The number of carbonyl (C=O) groups is 2. The lowest BCUT2D eigenvalue weighted by Gasteiger charge is -2.12. The molecule has 0 saturated heterocycles. The van der Waals surface area contributed by atoms with E-state index in [0.29, 0.717) is 24.6 Å². The highest BCUT2D eigenvalue weighted by atomic mass is 32.3. The van der Waals surface area contributed by atoms with Crippen molar-refractivity contribution in [2.24, 2.45) is 0 Å². The second kappa shape index (κ2) is 14.3. The Hall–Kier alpha value is -2.11. The minimum Gasteiger partial charge on any atom is -0.461 e. The third-order valence-corrected chi connectivity index (χ3v) is 2.10. The van der Waals surface area contributed by atoms with Gasteiger partial charge in [-0.15, -0.1) is 0 Å². The van der Waals surface area contributed by atoms with Crippen LogP contribution in [0.4, 0.5) is 0 Å². The Kier molecular flexibility index (Phi) is 15.8. The van der Waals surface area contributed by atoms with Crippen molar-refractivity contribution in [3.63, 3.8) is 0 Å². The molecule has 0 heterocycles. The molecule has 0 aromatic heterocycles. The fourth-order valence-corrected chi connectivity index (χ4v) is 0.794. The molecule has 0 aromatic rings. The van der Waals surface area contributed by atoms with Crippen molar-refractivity contribution in [1.29, 1.82) is 0 Å². The summed E-state index contributed by atoms with van der Waals surface area (Å²) in [6, 6.07) is 0. The Morgan fingerprint density at radius 1 is 0.840 bits per heavy atom. The van der Waals surface area contributed by atoms with Crippen LogP contribution in [0, 0.1) is 0 Å². The summed E-state index contributed by atoms with van der Waals surface area (Å²) in [6.45, 7) is 11.4. The van der Waals surface area contributed by atoms with Gasteiger partial charge < -0.3 is 19.3 Å². The molecule has 0 aliphatic carbocycles. The number of carbonyl (C=O) groups excluding carboxylic acids is 2. The first-order chi connectivity index (χ1) is 11.2. The van der Waals surface area contributed by atoms with E-state index in [1.165, 1.54) is 0 Å². The van der Waals surface area contributed by atoms with Crippen LogP contribution in [0.25, 0.3) is 0 Å². The van der Waals surface area contributed by atoms with Gasteiger partial charge in [0.15, 0.2) is 0 Å². The van der Waals surface area contributed by atoms with Crippen LogP contribution in [-0.4, -0.2) is 80.7 Å². The smallest absolute Gasteiger partial charge is 0.394 e. The summed E-state index contributed by atoms with van der Waals surface area (Å²) < 4.78 is 41.0. The van der Waals surface area contributed by atoms with Gasteiger partial charge in [0.1, 0.15) is 11.4 Å². The molecule has 0 fully saturated rings. The zero-order valence-corrected chi connectivity index (χ0v) is 16.3. The normalized spacial score (nSPS) is 9.28. The maximum absolute atomic E-state index is 10.8. The maximum atomic E-state index is 10.8. The van der Waals surface area contributed by atoms with Gasteiger partial charge in [-0.25, -0.2) is 9.59 Å². The minimum atomic E-state index is -4.67. The molecule has 148 valence electrons. The van der Waals surface area contributed by atoms with Crippen molar-refractivity contribution < 1.29 is 36.6 Å². The summed E-state index contributed by atoms with van der Waals surface area (Å²) in [4.78, 5) is 24.9. The molecule has 2 N–H and O–H groups in total. The minimum absolute atomic E-state index is 0.354. The van der Waals surface area contributed by atoms with E-state index in [-0.39, 0.29) is 11.9 Å². The fourth-order valence-electron chi connectivity index (χ4n) is 0.794. The maximum Gasteiger partial charge on any atom is 0.394 e. The fraction of sp³-hybridized carbons (Fsp3) is 0.571. The molecule has 0 spiro atoms. The third-order valence-electron chi connectivity index (χ3n) is 2.10. The van der Waals surface area contributed by atoms with E-state index in [2.05, 4.69) is 22.6 Å². The third kappa shape index (κ3) is 21.9. The lowest BCUT2D eigenvalue weighted by Crippen LogP contribution is -2.20. The molecule has 0 aliphatic rings. The van der Waals surface area contributed by atoms with E-state index in [0.717, 1.165) is 0 Å². The highest BCUT2D eigenvalue weighted by molar-refractivity contribution is 7.79. The summed E-state index contributed by atoms with van der Waals surface area (Å²) in [5, 5.41) is 0. The zero-order valence-electron chi connectivity index (χ0n) is 15.5. The monoisotopic (exact) mass is 384 g/mol. The molecule has 0 aliphatic heterocycles. The van der Waals surface area contributed by atoms with Crippen LogP contribution in [0.3, 0.4) is 0 Å². The van der Waals surface area contributed by atoms with E-state index >= 15 is 0 Å². The zero-order chi connectivity index (χ0) is 20.8. The SMILES string of the molecule is C=C(C(=O)OCC)N(C)C.C=C(C(=O)OCC)N(C)C.O=S(=O)(O)O. The summed E-state index contributed by atoms with van der Waals surface area (Å²) in [5.74, 6) is -0.708. The molecular weight excluding hydrogens is 356 g/mol. The number of esters is 2. The molecule has 0 atom stereocenters. The Morgan fingerprint density at radius 3 is 1.16 bits per heavy atom. The van der Waals surface area contributed by atoms with Gasteiger partial charge in [0, 0.05) is 28.2 Å². The van der Waals surface area contributed by atoms with E-state index in [9.17, 15) is 9.59 Å². The first kappa shape index (κ1) is 27.7. The van der Waals surface area contributed by atoms with Gasteiger partial charge in [0.25, 0.3) is 0 Å². The van der Waals surface area contributed by atoms with E-state index in [1.807, 2.05) is 0 Å². The Balaban J connectivity index is -0.000000308. The van der Waals surface area contributed by atoms with Crippen molar-refractivity contribution in [3.05, 3.63) is 24.6 Å². The van der Waals surface area contributed by atoms with Gasteiger partial charge in [0.2, 0.25) is 0 Å². The molecule has 0 amide bonds. The average molecular weight is 384 g/mol. The predicted octanol–water partition coefficient (Wildman–Crippen LogP) is 0.597. The highest BCUT2D eigenvalue weighted by Gasteiger charge is 2.08. The number of ether oxygens (including phenoxy) is 2. The van der Waals surface area contributed by atoms with Crippen molar-refractivity contribution >= 4 is 22.3 Å². The molecule has 0 rings (SSSR count). The summed E-state index contributed by atoms with van der Waals surface area (Å²) in [7, 11) is 2.33. The number of rotatable bonds is 6. The Labute approximate surface area is 149 Å². The van der Waals surface area contributed by atoms with Crippen molar-refractivity contribution in [2.75, 3.05) is 41.4 Å². The van der Waals surface area contributed by atoms with Gasteiger partial charge in [-0.1, -0.05) is 13.2 Å². The molecular formula is C14H28N2O8S. The first-order valence-corrected chi connectivity index (χ1v) is 8.35. The van der Waals surface area contributed by atoms with Crippen molar-refractivity contribution in [3.8, 4) is 0 Å². The molecule has 0 bridgehead atoms. The van der Waals surface area contributed by atoms with Crippen LogP contribution in [0.2, 0.25) is 0 Å². The van der Waals surface area contributed by atoms with Crippen LogP contribution < -0.4 is 0 Å². The largest absolute Gasteiger partial charge is 0.461 e. The molecule has 0 saturated carbocycles. The molecule has 11 heteroatoms. The number of likely N-dealkylation sites (N-methyl/N-ethyl adjacent to an activating group) is 2. The van der Waals surface area contributed by atoms with Crippen LogP contribution in [0.15, 0.2) is 24.6 Å².